The monoisotopic (exact) mass is 373 g/mol. The molecule has 7 heteroatoms. The van der Waals surface area contributed by atoms with E-state index in [1.165, 1.54) is 28.2 Å². The molecular formula is C20H22FN2O4+. The SMILES string of the molecule is C[NH+](C)CCCN1C(=O)C(=O)C(C(=O)c2ccc(F)cc2)C1c1ccco1. The normalized spacial score (nSPS) is 19.9. The summed E-state index contributed by atoms with van der Waals surface area (Å²) in [5.74, 6) is -3.20. The van der Waals surface area contributed by atoms with Crippen molar-refractivity contribution in [2.24, 2.45) is 5.92 Å². The van der Waals surface area contributed by atoms with Gasteiger partial charge >= 0.3 is 0 Å². The molecule has 0 spiro atoms. The van der Waals surface area contributed by atoms with E-state index in [1.807, 2.05) is 14.1 Å². The number of ketones is 2. The summed E-state index contributed by atoms with van der Waals surface area (Å²) >= 11 is 0. The molecule has 1 fully saturated rings. The zero-order valence-corrected chi connectivity index (χ0v) is 15.3. The lowest BCUT2D eigenvalue weighted by atomic mass is 9.88. The van der Waals surface area contributed by atoms with Crippen molar-refractivity contribution in [3.8, 4) is 0 Å². The molecule has 1 aliphatic heterocycles. The largest absolute Gasteiger partial charge is 0.467 e. The quantitative estimate of drug-likeness (QED) is 0.445. The Kier molecular flexibility index (Phi) is 5.51. The number of carbonyl (C=O) groups excluding carboxylic acids is 3. The molecule has 27 heavy (non-hydrogen) atoms. The highest BCUT2D eigenvalue weighted by atomic mass is 19.1. The van der Waals surface area contributed by atoms with Crippen LogP contribution in [0.3, 0.4) is 0 Å². The molecule has 2 unspecified atom stereocenters. The number of amides is 1. The molecule has 2 heterocycles. The van der Waals surface area contributed by atoms with Gasteiger partial charge in [0, 0.05) is 18.5 Å². The number of nitrogens with zero attached hydrogens (tertiary/aromatic N) is 1. The first-order valence-electron chi connectivity index (χ1n) is 8.87. The lowest BCUT2D eigenvalue weighted by Gasteiger charge is -2.25. The molecule has 0 bridgehead atoms. The van der Waals surface area contributed by atoms with Gasteiger partial charge in [-0.2, -0.15) is 0 Å². The summed E-state index contributed by atoms with van der Waals surface area (Å²) in [5.41, 5.74) is 0.193. The van der Waals surface area contributed by atoms with Crippen LogP contribution in [-0.2, 0) is 9.59 Å². The third-order valence-corrected chi connectivity index (χ3v) is 4.73. The molecule has 1 aromatic heterocycles. The van der Waals surface area contributed by atoms with E-state index in [1.54, 1.807) is 12.1 Å². The number of likely N-dealkylation sites (tertiary alicyclic amines) is 1. The van der Waals surface area contributed by atoms with Crippen molar-refractivity contribution < 1.29 is 28.1 Å². The number of quaternary nitrogens is 1. The Bertz CT molecular complexity index is 830. The number of hydrogen-bond donors (Lipinski definition) is 1. The molecule has 0 saturated carbocycles. The second-order valence-corrected chi connectivity index (χ2v) is 6.98. The number of Topliss-reactive ketones (excluding diaryl/α,β-unsaturated/α-hetero) is 2. The number of rotatable bonds is 7. The first-order chi connectivity index (χ1) is 12.9. The summed E-state index contributed by atoms with van der Waals surface area (Å²) in [6.45, 7) is 1.17. The molecule has 2 aromatic rings. The summed E-state index contributed by atoms with van der Waals surface area (Å²) in [7, 11) is 4.00. The van der Waals surface area contributed by atoms with E-state index in [-0.39, 0.29) is 5.56 Å². The van der Waals surface area contributed by atoms with E-state index in [0.717, 1.165) is 18.7 Å². The van der Waals surface area contributed by atoms with Gasteiger partial charge in [0.2, 0.25) is 5.78 Å². The molecule has 0 radical (unpaired) electrons. The summed E-state index contributed by atoms with van der Waals surface area (Å²) in [6, 6.07) is 7.51. The molecule has 1 saturated heterocycles. The standard InChI is InChI=1S/C20H21FN2O4/c1-22(2)10-4-11-23-17(15-5-3-12-27-15)16(19(25)20(23)26)18(24)13-6-8-14(21)9-7-13/h3,5-9,12,16-17H,4,10-11H2,1-2H3/p+1. The van der Waals surface area contributed by atoms with Crippen molar-refractivity contribution in [2.45, 2.75) is 12.5 Å². The van der Waals surface area contributed by atoms with E-state index in [0.29, 0.717) is 18.7 Å². The van der Waals surface area contributed by atoms with E-state index >= 15 is 0 Å². The molecule has 1 aliphatic rings. The zero-order chi connectivity index (χ0) is 19.6. The Labute approximate surface area is 156 Å². The fraction of sp³-hybridized carbons (Fsp3) is 0.350. The van der Waals surface area contributed by atoms with Gasteiger partial charge in [-0.1, -0.05) is 0 Å². The van der Waals surface area contributed by atoms with Crippen molar-refractivity contribution in [1.82, 2.24) is 4.90 Å². The molecule has 1 aromatic carbocycles. The molecule has 1 amide bonds. The predicted molar refractivity (Wildman–Crippen MR) is 94.7 cm³/mol. The Hall–Kier alpha value is -2.80. The number of hydrogen-bond acceptors (Lipinski definition) is 4. The summed E-state index contributed by atoms with van der Waals surface area (Å²) < 4.78 is 18.6. The molecule has 142 valence electrons. The van der Waals surface area contributed by atoms with Crippen LogP contribution in [0.4, 0.5) is 4.39 Å². The number of nitrogens with one attached hydrogen (secondary N) is 1. The zero-order valence-electron chi connectivity index (χ0n) is 15.3. The Morgan fingerprint density at radius 1 is 1.19 bits per heavy atom. The van der Waals surface area contributed by atoms with Crippen LogP contribution in [-0.4, -0.2) is 49.6 Å². The smallest absolute Gasteiger partial charge is 0.291 e. The number of furan rings is 1. The number of halogens is 1. The number of benzene rings is 1. The van der Waals surface area contributed by atoms with E-state index in [9.17, 15) is 18.8 Å². The number of carbonyl (C=O) groups is 3. The van der Waals surface area contributed by atoms with Crippen molar-refractivity contribution in [2.75, 3.05) is 27.2 Å². The lowest BCUT2D eigenvalue weighted by Crippen LogP contribution is -3.05. The van der Waals surface area contributed by atoms with Gasteiger partial charge in [-0.25, -0.2) is 4.39 Å². The fourth-order valence-electron chi connectivity index (χ4n) is 3.40. The Morgan fingerprint density at radius 3 is 2.48 bits per heavy atom. The lowest BCUT2D eigenvalue weighted by molar-refractivity contribution is -0.858. The van der Waals surface area contributed by atoms with Crippen molar-refractivity contribution in [1.29, 1.82) is 0 Å². The van der Waals surface area contributed by atoms with Crippen molar-refractivity contribution in [3.63, 3.8) is 0 Å². The second-order valence-electron chi connectivity index (χ2n) is 6.98. The third-order valence-electron chi connectivity index (χ3n) is 4.73. The molecule has 2 atom stereocenters. The van der Waals surface area contributed by atoms with Gasteiger partial charge < -0.3 is 14.2 Å². The van der Waals surface area contributed by atoms with Crippen LogP contribution in [0, 0.1) is 11.7 Å². The predicted octanol–water partition coefficient (Wildman–Crippen LogP) is 0.905. The molecular weight excluding hydrogens is 351 g/mol. The van der Waals surface area contributed by atoms with Gasteiger partial charge in [0.1, 0.15) is 23.5 Å². The van der Waals surface area contributed by atoms with Crippen LogP contribution in [0.5, 0.6) is 0 Å². The topological polar surface area (TPSA) is 72.0 Å². The van der Waals surface area contributed by atoms with Crippen molar-refractivity contribution in [3.05, 3.63) is 59.8 Å². The molecule has 6 nitrogen and oxygen atoms in total. The van der Waals surface area contributed by atoms with Crippen molar-refractivity contribution >= 4 is 17.5 Å². The maximum atomic E-state index is 13.2. The minimum absolute atomic E-state index is 0.193. The average molecular weight is 373 g/mol. The summed E-state index contributed by atoms with van der Waals surface area (Å²) in [5, 5.41) is 0. The molecule has 1 N–H and O–H groups in total. The van der Waals surface area contributed by atoms with E-state index in [2.05, 4.69) is 0 Å². The van der Waals surface area contributed by atoms with Crippen LogP contribution in [0.25, 0.3) is 0 Å². The Balaban J connectivity index is 1.93. The van der Waals surface area contributed by atoms with Crippen LogP contribution in [0.2, 0.25) is 0 Å². The van der Waals surface area contributed by atoms with Gasteiger partial charge in [0.05, 0.1) is 26.9 Å². The van der Waals surface area contributed by atoms with Gasteiger partial charge in [-0.15, -0.1) is 0 Å². The second kappa shape index (κ2) is 7.84. The van der Waals surface area contributed by atoms with Gasteiger partial charge in [-0.05, 0) is 36.4 Å². The highest BCUT2D eigenvalue weighted by Gasteiger charge is 2.52. The first kappa shape index (κ1) is 19.0. The van der Waals surface area contributed by atoms with Crippen LogP contribution < -0.4 is 4.90 Å². The fourth-order valence-corrected chi connectivity index (χ4v) is 3.40. The summed E-state index contributed by atoms with van der Waals surface area (Å²) in [6.07, 6.45) is 2.14. The Morgan fingerprint density at radius 2 is 1.89 bits per heavy atom. The maximum Gasteiger partial charge on any atom is 0.291 e. The minimum Gasteiger partial charge on any atom is -0.467 e. The van der Waals surface area contributed by atoms with Gasteiger partial charge in [-0.3, -0.25) is 14.4 Å². The van der Waals surface area contributed by atoms with E-state index in [4.69, 9.17) is 4.42 Å². The molecule has 0 aliphatic carbocycles. The first-order valence-corrected chi connectivity index (χ1v) is 8.87. The molecule has 3 rings (SSSR count). The maximum absolute atomic E-state index is 13.2. The van der Waals surface area contributed by atoms with Gasteiger partial charge in [0.25, 0.3) is 5.91 Å². The van der Waals surface area contributed by atoms with E-state index < -0.39 is 35.3 Å². The summed E-state index contributed by atoms with van der Waals surface area (Å²) in [4.78, 5) is 40.9. The highest BCUT2D eigenvalue weighted by molar-refractivity contribution is 6.44. The van der Waals surface area contributed by atoms with Crippen LogP contribution in [0.1, 0.15) is 28.6 Å². The highest BCUT2D eigenvalue weighted by Crippen LogP contribution is 2.38. The average Bonchev–Trinajstić information content (AvgIpc) is 3.24. The van der Waals surface area contributed by atoms with Gasteiger partial charge in [0.15, 0.2) is 5.78 Å². The van der Waals surface area contributed by atoms with Crippen LogP contribution in [0.15, 0.2) is 47.1 Å². The van der Waals surface area contributed by atoms with Crippen LogP contribution >= 0.6 is 0 Å². The minimum atomic E-state index is -1.19. The third kappa shape index (κ3) is 3.83.